The summed E-state index contributed by atoms with van der Waals surface area (Å²) in [5.74, 6) is 2.12. The standard InChI is InChI=1S/C13H12N4O/c1-9-6-10(2)15-12(7-9)17-8-14-16-13(17)11-4-3-5-18-11/h3-8H,1-2H3. The molecule has 0 amide bonds. The van der Waals surface area contributed by atoms with Crippen LogP contribution in [0, 0.1) is 13.8 Å². The molecular weight excluding hydrogens is 228 g/mol. The number of furan rings is 1. The first-order chi connectivity index (χ1) is 8.74. The van der Waals surface area contributed by atoms with E-state index in [2.05, 4.69) is 15.2 Å². The average molecular weight is 240 g/mol. The monoisotopic (exact) mass is 240 g/mol. The van der Waals surface area contributed by atoms with E-state index in [0.717, 1.165) is 17.1 Å². The quantitative estimate of drug-likeness (QED) is 0.690. The van der Waals surface area contributed by atoms with Gasteiger partial charge in [-0.1, -0.05) is 0 Å². The van der Waals surface area contributed by atoms with E-state index in [9.17, 15) is 0 Å². The minimum atomic E-state index is 0.650. The molecule has 3 rings (SSSR count). The fourth-order valence-corrected chi connectivity index (χ4v) is 1.92. The van der Waals surface area contributed by atoms with Gasteiger partial charge in [0.25, 0.3) is 0 Å². The van der Waals surface area contributed by atoms with E-state index >= 15 is 0 Å². The zero-order chi connectivity index (χ0) is 12.5. The number of aromatic nitrogens is 4. The van der Waals surface area contributed by atoms with Gasteiger partial charge in [-0.3, -0.25) is 4.57 Å². The molecule has 0 saturated heterocycles. The van der Waals surface area contributed by atoms with Crippen LogP contribution in [0.3, 0.4) is 0 Å². The van der Waals surface area contributed by atoms with Crippen LogP contribution in [-0.2, 0) is 0 Å². The lowest BCUT2D eigenvalue weighted by Crippen LogP contribution is -2.00. The second-order valence-corrected chi connectivity index (χ2v) is 4.15. The summed E-state index contributed by atoms with van der Waals surface area (Å²) in [6.45, 7) is 4.00. The number of hydrogen-bond donors (Lipinski definition) is 0. The molecule has 5 heteroatoms. The Balaban J connectivity index is 2.15. The molecule has 0 atom stereocenters. The molecule has 0 aliphatic heterocycles. The Morgan fingerprint density at radius 1 is 1.22 bits per heavy atom. The van der Waals surface area contributed by atoms with Gasteiger partial charge >= 0.3 is 0 Å². The number of nitrogens with zero attached hydrogens (tertiary/aromatic N) is 4. The van der Waals surface area contributed by atoms with E-state index in [1.165, 1.54) is 0 Å². The van der Waals surface area contributed by atoms with E-state index in [0.29, 0.717) is 11.6 Å². The molecule has 18 heavy (non-hydrogen) atoms. The van der Waals surface area contributed by atoms with Crippen LogP contribution in [0.2, 0.25) is 0 Å². The molecule has 3 aromatic heterocycles. The molecule has 0 saturated carbocycles. The first-order valence-electron chi connectivity index (χ1n) is 5.63. The number of pyridine rings is 1. The lowest BCUT2D eigenvalue weighted by molar-refractivity contribution is 0.575. The van der Waals surface area contributed by atoms with Crippen molar-refractivity contribution in [2.75, 3.05) is 0 Å². The molecule has 0 aliphatic rings. The zero-order valence-corrected chi connectivity index (χ0v) is 10.2. The topological polar surface area (TPSA) is 56.7 Å². The van der Waals surface area contributed by atoms with Gasteiger partial charge in [-0.15, -0.1) is 10.2 Å². The first kappa shape index (κ1) is 10.7. The summed E-state index contributed by atoms with van der Waals surface area (Å²) in [7, 11) is 0. The minimum Gasteiger partial charge on any atom is -0.461 e. The number of rotatable bonds is 2. The van der Waals surface area contributed by atoms with Crippen LogP contribution in [0.15, 0.2) is 41.3 Å². The second-order valence-electron chi connectivity index (χ2n) is 4.15. The third kappa shape index (κ3) is 1.79. The van der Waals surface area contributed by atoms with E-state index in [1.807, 2.05) is 42.7 Å². The Labute approximate surface area is 104 Å². The summed E-state index contributed by atoms with van der Waals surface area (Å²) < 4.78 is 7.17. The van der Waals surface area contributed by atoms with E-state index in [4.69, 9.17) is 4.42 Å². The number of hydrogen-bond acceptors (Lipinski definition) is 4. The van der Waals surface area contributed by atoms with Crippen molar-refractivity contribution in [3.8, 4) is 17.4 Å². The zero-order valence-electron chi connectivity index (χ0n) is 10.2. The van der Waals surface area contributed by atoms with Gasteiger partial charge in [-0.05, 0) is 43.7 Å². The van der Waals surface area contributed by atoms with Crippen LogP contribution in [0.1, 0.15) is 11.3 Å². The number of aryl methyl sites for hydroxylation is 2. The molecule has 0 spiro atoms. The van der Waals surface area contributed by atoms with Gasteiger partial charge in [0.15, 0.2) is 5.76 Å². The maximum atomic E-state index is 5.35. The fraction of sp³-hybridized carbons (Fsp3) is 0.154. The molecule has 0 N–H and O–H groups in total. The molecule has 0 radical (unpaired) electrons. The summed E-state index contributed by atoms with van der Waals surface area (Å²) in [6.07, 6.45) is 3.25. The molecule has 0 unspecified atom stereocenters. The molecule has 0 aliphatic carbocycles. The average Bonchev–Trinajstić information content (AvgIpc) is 2.98. The van der Waals surface area contributed by atoms with Crippen molar-refractivity contribution in [1.82, 2.24) is 19.7 Å². The van der Waals surface area contributed by atoms with E-state index in [1.54, 1.807) is 12.6 Å². The smallest absolute Gasteiger partial charge is 0.205 e. The molecular formula is C13H12N4O. The molecule has 0 fully saturated rings. The van der Waals surface area contributed by atoms with Crippen molar-refractivity contribution in [2.24, 2.45) is 0 Å². The Kier molecular flexibility index (Phi) is 2.44. The molecule has 0 bridgehead atoms. The summed E-state index contributed by atoms with van der Waals surface area (Å²) in [6, 6.07) is 7.69. The van der Waals surface area contributed by atoms with Crippen LogP contribution in [0.5, 0.6) is 0 Å². The van der Waals surface area contributed by atoms with Crippen LogP contribution in [0.4, 0.5) is 0 Å². The minimum absolute atomic E-state index is 0.650. The van der Waals surface area contributed by atoms with Crippen LogP contribution >= 0.6 is 0 Å². The highest BCUT2D eigenvalue weighted by Gasteiger charge is 2.12. The highest BCUT2D eigenvalue weighted by Crippen LogP contribution is 2.20. The van der Waals surface area contributed by atoms with Gasteiger partial charge in [0.1, 0.15) is 12.1 Å². The van der Waals surface area contributed by atoms with Crippen molar-refractivity contribution in [3.63, 3.8) is 0 Å². The third-order valence-electron chi connectivity index (χ3n) is 2.62. The van der Waals surface area contributed by atoms with Crippen LogP contribution < -0.4 is 0 Å². The fourth-order valence-electron chi connectivity index (χ4n) is 1.92. The van der Waals surface area contributed by atoms with Crippen molar-refractivity contribution in [1.29, 1.82) is 0 Å². The largest absolute Gasteiger partial charge is 0.461 e. The van der Waals surface area contributed by atoms with E-state index in [-0.39, 0.29) is 0 Å². The summed E-state index contributed by atoms with van der Waals surface area (Å²) in [4.78, 5) is 4.49. The summed E-state index contributed by atoms with van der Waals surface area (Å²) in [5.41, 5.74) is 2.11. The summed E-state index contributed by atoms with van der Waals surface area (Å²) >= 11 is 0. The molecule has 0 aromatic carbocycles. The van der Waals surface area contributed by atoms with Crippen molar-refractivity contribution >= 4 is 0 Å². The van der Waals surface area contributed by atoms with Gasteiger partial charge < -0.3 is 4.42 Å². The normalized spacial score (nSPS) is 10.8. The maximum Gasteiger partial charge on any atom is 0.205 e. The predicted octanol–water partition coefficient (Wildman–Crippen LogP) is 2.54. The first-order valence-corrected chi connectivity index (χ1v) is 5.63. The SMILES string of the molecule is Cc1cc(C)nc(-n2cnnc2-c2ccco2)c1. The van der Waals surface area contributed by atoms with Crippen molar-refractivity contribution in [2.45, 2.75) is 13.8 Å². The van der Waals surface area contributed by atoms with Gasteiger partial charge in [0.05, 0.1) is 6.26 Å². The molecule has 3 heterocycles. The maximum absolute atomic E-state index is 5.35. The second kappa shape index (κ2) is 4.10. The molecule has 90 valence electrons. The lowest BCUT2D eigenvalue weighted by Gasteiger charge is -2.06. The van der Waals surface area contributed by atoms with E-state index < -0.39 is 0 Å². The van der Waals surface area contributed by atoms with Crippen LogP contribution in [-0.4, -0.2) is 19.7 Å². The Morgan fingerprint density at radius 3 is 2.83 bits per heavy atom. The van der Waals surface area contributed by atoms with Gasteiger partial charge in [-0.2, -0.15) is 0 Å². The van der Waals surface area contributed by atoms with Gasteiger partial charge in [0, 0.05) is 5.69 Å². The van der Waals surface area contributed by atoms with Crippen molar-refractivity contribution < 1.29 is 4.42 Å². The third-order valence-corrected chi connectivity index (χ3v) is 2.62. The van der Waals surface area contributed by atoms with Crippen molar-refractivity contribution in [3.05, 3.63) is 48.1 Å². The Hall–Kier alpha value is -2.43. The highest BCUT2D eigenvalue weighted by molar-refractivity contribution is 5.50. The van der Waals surface area contributed by atoms with Gasteiger partial charge in [0.2, 0.25) is 5.82 Å². The Bertz CT molecular complexity index is 650. The lowest BCUT2D eigenvalue weighted by atomic mass is 10.2. The highest BCUT2D eigenvalue weighted by atomic mass is 16.3. The van der Waals surface area contributed by atoms with Gasteiger partial charge in [-0.25, -0.2) is 4.98 Å². The Morgan fingerprint density at radius 2 is 2.11 bits per heavy atom. The predicted molar refractivity (Wildman–Crippen MR) is 66.3 cm³/mol. The molecule has 5 nitrogen and oxygen atoms in total. The molecule has 3 aromatic rings. The van der Waals surface area contributed by atoms with Crippen LogP contribution in [0.25, 0.3) is 17.4 Å². The summed E-state index contributed by atoms with van der Waals surface area (Å²) in [5, 5.41) is 8.00.